The normalized spacial score (nSPS) is 18.0. The number of rotatable bonds is 6. The van der Waals surface area contributed by atoms with Gasteiger partial charge in [-0.05, 0) is 42.9 Å². The van der Waals surface area contributed by atoms with E-state index in [1.54, 1.807) is 0 Å². The van der Waals surface area contributed by atoms with Crippen LogP contribution < -0.4 is 10.5 Å². The number of nitrogens with zero attached hydrogens (tertiary/aromatic N) is 1. The minimum Gasteiger partial charge on any atom is -0.330 e. The summed E-state index contributed by atoms with van der Waals surface area (Å²) in [6, 6.07) is 8.02. The summed E-state index contributed by atoms with van der Waals surface area (Å²) in [7, 11) is -3.39. The number of nitrogens with one attached hydrogen (secondary N) is 1. The van der Waals surface area contributed by atoms with Crippen molar-refractivity contribution in [1.29, 1.82) is 0 Å². The van der Waals surface area contributed by atoms with Gasteiger partial charge in [0.05, 0.1) is 0 Å². The number of aryl methyl sites for hydroxylation is 1. The quantitative estimate of drug-likeness (QED) is 0.830. The highest BCUT2D eigenvalue weighted by molar-refractivity contribution is 7.87. The summed E-state index contributed by atoms with van der Waals surface area (Å²) < 4.78 is 28.7. The largest absolute Gasteiger partial charge is 0.330 e. The average molecular weight is 311 g/mol. The lowest BCUT2D eigenvalue weighted by molar-refractivity contribution is 0.275. The standard InChI is InChI=1S/C15H25N3O2S/c1-2-13-3-5-15(6-4-13)12-17-21(19,20)18-9-7-14(11-16)8-10-18/h3-6,14,17H,2,7-12,16H2,1H3. The zero-order chi connectivity index (χ0) is 15.3. The van der Waals surface area contributed by atoms with Gasteiger partial charge in [0.2, 0.25) is 0 Å². The summed E-state index contributed by atoms with van der Waals surface area (Å²) in [4.78, 5) is 0. The molecule has 2 rings (SSSR count). The lowest BCUT2D eigenvalue weighted by Gasteiger charge is -2.30. The number of hydrogen-bond acceptors (Lipinski definition) is 3. The molecular weight excluding hydrogens is 286 g/mol. The summed E-state index contributed by atoms with van der Waals surface area (Å²) in [5.41, 5.74) is 7.87. The monoisotopic (exact) mass is 311 g/mol. The maximum Gasteiger partial charge on any atom is 0.279 e. The van der Waals surface area contributed by atoms with Crippen LogP contribution in [0.15, 0.2) is 24.3 Å². The van der Waals surface area contributed by atoms with Crippen LogP contribution in [0.3, 0.4) is 0 Å². The van der Waals surface area contributed by atoms with Crippen molar-refractivity contribution in [2.24, 2.45) is 11.7 Å². The van der Waals surface area contributed by atoms with E-state index in [2.05, 4.69) is 11.6 Å². The number of piperidine rings is 1. The Morgan fingerprint density at radius 2 is 1.76 bits per heavy atom. The Balaban J connectivity index is 1.89. The second-order valence-electron chi connectivity index (χ2n) is 5.57. The highest BCUT2D eigenvalue weighted by atomic mass is 32.2. The van der Waals surface area contributed by atoms with Gasteiger partial charge in [0.1, 0.15) is 0 Å². The van der Waals surface area contributed by atoms with Gasteiger partial charge in [0.15, 0.2) is 0 Å². The topological polar surface area (TPSA) is 75.4 Å². The molecule has 0 radical (unpaired) electrons. The van der Waals surface area contributed by atoms with Crippen molar-refractivity contribution < 1.29 is 8.42 Å². The highest BCUT2D eigenvalue weighted by Crippen LogP contribution is 2.18. The van der Waals surface area contributed by atoms with Crippen LogP contribution in [0.2, 0.25) is 0 Å². The minimum atomic E-state index is -3.39. The maximum atomic E-state index is 12.3. The molecule has 1 aromatic carbocycles. The molecule has 0 aromatic heterocycles. The van der Waals surface area contributed by atoms with E-state index >= 15 is 0 Å². The first-order valence-corrected chi connectivity index (χ1v) is 9.01. The molecule has 0 unspecified atom stereocenters. The molecule has 1 aliphatic rings. The molecule has 0 atom stereocenters. The first-order chi connectivity index (χ1) is 10.0. The van der Waals surface area contributed by atoms with Crippen LogP contribution in [0.4, 0.5) is 0 Å². The molecule has 1 saturated heterocycles. The summed E-state index contributed by atoms with van der Waals surface area (Å²) in [6.45, 7) is 4.20. The van der Waals surface area contributed by atoms with Crippen molar-refractivity contribution in [1.82, 2.24) is 9.03 Å². The number of benzene rings is 1. The molecule has 118 valence electrons. The number of hydrogen-bond donors (Lipinski definition) is 2. The Morgan fingerprint density at radius 3 is 2.29 bits per heavy atom. The molecular formula is C15H25N3O2S. The molecule has 3 N–H and O–H groups in total. The molecule has 0 bridgehead atoms. The van der Waals surface area contributed by atoms with Crippen LogP contribution in [-0.4, -0.2) is 32.4 Å². The van der Waals surface area contributed by atoms with Crippen LogP contribution in [-0.2, 0) is 23.2 Å². The van der Waals surface area contributed by atoms with E-state index in [0.717, 1.165) is 24.8 Å². The molecule has 1 aliphatic heterocycles. The Labute approximate surface area is 127 Å². The van der Waals surface area contributed by atoms with E-state index < -0.39 is 10.2 Å². The third kappa shape index (κ3) is 4.51. The van der Waals surface area contributed by atoms with E-state index in [1.807, 2.05) is 24.3 Å². The molecule has 1 fully saturated rings. The predicted molar refractivity (Wildman–Crippen MR) is 84.9 cm³/mol. The third-order valence-electron chi connectivity index (χ3n) is 4.14. The van der Waals surface area contributed by atoms with Crippen LogP contribution in [0.1, 0.15) is 30.9 Å². The van der Waals surface area contributed by atoms with Crippen molar-refractivity contribution in [3.63, 3.8) is 0 Å². The van der Waals surface area contributed by atoms with Crippen LogP contribution >= 0.6 is 0 Å². The fourth-order valence-electron chi connectivity index (χ4n) is 2.54. The SMILES string of the molecule is CCc1ccc(CNS(=O)(=O)N2CCC(CN)CC2)cc1. The maximum absolute atomic E-state index is 12.3. The fourth-order valence-corrected chi connectivity index (χ4v) is 3.77. The van der Waals surface area contributed by atoms with Gasteiger partial charge in [-0.15, -0.1) is 0 Å². The lowest BCUT2D eigenvalue weighted by atomic mass is 9.99. The first kappa shape index (κ1) is 16.4. The van der Waals surface area contributed by atoms with Gasteiger partial charge in [0, 0.05) is 19.6 Å². The van der Waals surface area contributed by atoms with Crippen molar-refractivity contribution in [3.05, 3.63) is 35.4 Å². The van der Waals surface area contributed by atoms with Crippen molar-refractivity contribution in [2.75, 3.05) is 19.6 Å². The molecule has 1 heterocycles. The second kappa shape index (κ2) is 7.35. The van der Waals surface area contributed by atoms with Gasteiger partial charge in [0.25, 0.3) is 10.2 Å². The summed E-state index contributed by atoms with van der Waals surface area (Å²) in [6.07, 6.45) is 2.69. The van der Waals surface area contributed by atoms with Gasteiger partial charge >= 0.3 is 0 Å². The number of nitrogens with two attached hydrogens (primary N) is 1. The zero-order valence-corrected chi connectivity index (χ0v) is 13.4. The summed E-state index contributed by atoms with van der Waals surface area (Å²) in [5.74, 6) is 0.457. The Kier molecular flexibility index (Phi) is 5.75. The van der Waals surface area contributed by atoms with Crippen molar-refractivity contribution >= 4 is 10.2 Å². The second-order valence-corrected chi connectivity index (χ2v) is 7.33. The Bertz CT molecular complexity index is 535. The molecule has 6 heteroatoms. The van der Waals surface area contributed by atoms with Crippen LogP contribution in [0, 0.1) is 5.92 Å². The van der Waals surface area contributed by atoms with Gasteiger partial charge in [-0.2, -0.15) is 17.4 Å². The highest BCUT2D eigenvalue weighted by Gasteiger charge is 2.26. The minimum absolute atomic E-state index is 0.336. The predicted octanol–water partition coefficient (Wildman–Crippen LogP) is 1.25. The van der Waals surface area contributed by atoms with Crippen LogP contribution in [0.5, 0.6) is 0 Å². The van der Waals surface area contributed by atoms with E-state index in [9.17, 15) is 8.42 Å². The molecule has 0 spiro atoms. The van der Waals surface area contributed by atoms with E-state index in [4.69, 9.17) is 5.73 Å². The van der Waals surface area contributed by atoms with Gasteiger partial charge in [-0.1, -0.05) is 31.2 Å². The van der Waals surface area contributed by atoms with Gasteiger partial charge < -0.3 is 5.73 Å². The molecule has 21 heavy (non-hydrogen) atoms. The Hall–Kier alpha value is -0.950. The van der Waals surface area contributed by atoms with Crippen LogP contribution in [0.25, 0.3) is 0 Å². The van der Waals surface area contributed by atoms with E-state index in [0.29, 0.717) is 32.1 Å². The lowest BCUT2D eigenvalue weighted by Crippen LogP contribution is -2.45. The first-order valence-electron chi connectivity index (χ1n) is 7.57. The van der Waals surface area contributed by atoms with E-state index in [1.165, 1.54) is 9.87 Å². The zero-order valence-electron chi connectivity index (χ0n) is 12.6. The van der Waals surface area contributed by atoms with Crippen molar-refractivity contribution in [3.8, 4) is 0 Å². The van der Waals surface area contributed by atoms with E-state index in [-0.39, 0.29) is 0 Å². The Morgan fingerprint density at radius 1 is 1.19 bits per heavy atom. The fraction of sp³-hybridized carbons (Fsp3) is 0.600. The molecule has 1 aromatic rings. The molecule has 0 amide bonds. The molecule has 0 aliphatic carbocycles. The molecule has 5 nitrogen and oxygen atoms in total. The summed E-state index contributed by atoms with van der Waals surface area (Å²) in [5, 5.41) is 0. The average Bonchev–Trinajstić information content (AvgIpc) is 2.53. The van der Waals surface area contributed by atoms with Crippen molar-refractivity contribution in [2.45, 2.75) is 32.7 Å². The molecule has 0 saturated carbocycles. The third-order valence-corrected chi connectivity index (χ3v) is 5.69. The smallest absolute Gasteiger partial charge is 0.279 e. The summed E-state index contributed by atoms with van der Waals surface area (Å²) >= 11 is 0. The van der Waals surface area contributed by atoms with Gasteiger partial charge in [-0.25, -0.2) is 0 Å². The van der Waals surface area contributed by atoms with Gasteiger partial charge in [-0.3, -0.25) is 0 Å².